The minimum absolute atomic E-state index is 0.236. The maximum atomic E-state index is 6.32. The van der Waals surface area contributed by atoms with Crippen LogP contribution in [-0.4, -0.2) is 61.0 Å². The van der Waals surface area contributed by atoms with Gasteiger partial charge < -0.3 is 15.0 Å². The number of alkyl halides is 1. The van der Waals surface area contributed by atoms with Crippen LogP contribution in [0.4, 0.5) is 0 Å². The number of piperidine rings is 1. The van der Waals surface area contributed by atoms with E-state index in [1.807, 2.05) is 0 Å². The van der Waals surface area contributed by atoms with Crippen LogP contribution in [0.2, 0.25) is 0 Å². The molecule has 0 radical (unpaired) electrons. The maximum absolute atomic E-state index is 6.32. The van der Waals surface area contributed by atoms with E-state index in [1.54, 1.807) is 0 Å². The van der Waals surface area contributed by atoms with Gasteiger partial charge in [-0.1, -0.05) is 52.8 Å². The average Bonchev–Trinajstić information content (AvgIpc) is 2.84. The van der Waals surface area contributed by atoms with Crippen LogP contribution in [0.3, 0.4) is 0 Å². The van der Waals surface area contributed by atoms with E-state index in [9.17, 15) is 0 Å². The van der Waals surface area contributed by atoms with E-state index in [1.165, 1.54) is 38.8 Å². The van der Waals surface area contributed by atoms with Crippen molar-refractivity contribution in [2.75, 3.05) is 32.7 Å². The van der Waals surface area contributed by atoms with Crippen molar-refractivity contribution >= 4 is 17.5 Å². The summed E-state index contributed by atoms with van der Waals surface area (Å²) in [6.45, 7) is 17.5. The molecular formula is C31H52ClN3O. The molecule has 0 aromatic carbocycles. The number of ether oxygens (including phenoxy) is 1. The Morgan fingerprint density at radius 3 is 2.53 bits per heavy atom. The highest BCUT2D eigenvalue weighted by molar-refractivity contribution is 6.21. The maximum Gasteiger partial charge on any atom is 0.183 e. The predicted octanol–water partition coefficient (Wildman–Crippen LogP) is 6.70. The summed E-state index contributed by atoms with van der Waals surface area (Å²) in [7, 11) is 0. The van der Waals surface area contributed by atoms with Crippen molar-refractivity contribution in [3.63, 3.8) is 0 Å². The molecule has 36 heavy (non-hydrogen) atoms. The van der Waals surface area contributed by atoms with Gasteiger partial charge in [-0.15, -0.1) is 11.6 Å². The topological polar surface area (TPSA) is 36.9 Å². The summed E-state index contributed by atoms with van der Waals surface area (Å²) >= 11 is 6.32. The number of rotatable bonds is 8. The lowest BCUT2D eigenvalue weighted by Crippen LogP contribution is -2.53. The molecule has 4 nitrogen and oxygen atoms in total. The number of likely N-dealkylation sites (tertiary alicyclic amines) is 1. The third kappa shape index (κ3) is 7.84. The summed E-state index contributed by atoms with van der Waals surface area (Å²) in [4.78, 5) is 7.57. The number of aliphatic imine (C=N–C) groups is 1. The molecule has 1 fully saturated rings. The summed E-state index contributed by atoms with van der Waals surface area (Å²) in [5, 5.41) is 4.20. The first-order chi connectivity index (χ1) is 17.2. The average molecular weight is 518 g/mol. The number of nitrogens with zero attached hydrogens (tertiary/aromatic N) is 2. The van der Waals surface area contributed by atoms with Gasteiger partial charge in [0.15, 0.2) is 5.90 Å². The van der Waals surface area contributed by atoms with Crippen molar-refractivity contribution in [2.24, 2.45) is 40.0 Å². The lowest BCUT2D eigenvalue weighted by atomic mass is 9.65. The Bertz CT molecular complexity index is 791. The van der Waals surface area contributed by atoms with E-state index in [2.05, 4.69) is 69.1 Å². The second kappa shape index (κ2) is 12.8. The van der Waals surface area contributed by atoms with Gasteiger partial charge in [0.2, 0.25) is 0 Å². The zero-order chi connectivity index (χ0) is 25.7. The number of allylic oxidation sites excluding steroid dienone is 3. The second-order valence-electron chi connectivity index (χ2n) is 13.3. The first-order valence-electron chi connectivity index (χ1n) is 14.9. The van der Waals surface area contributed by atoms with Crippen molar-refractivity contribution in [1.82, 2.24) is 10.2 Å². The van der Waals surface area contributed by atoms with E-state index in [0.29, 0.717) is 35.1 Å². The molecule has 4 rings (SSSR count). The standard InChI is InChI=1S/C31H52ClN3O/c1-22(2)29(20-35-17-16-28(31(4,5)21-35)25-9-11-26(32)12-10-25)33-18-24-8-15-30(34-19-24)36-27-13-6-23(3)7-14-27/h6,9,11,13,22-29,33H,7-8,10,12,14-21H2,1-5H3/t23?,24?,25?,26?,27?,28?,29-/m0/s1. The molecule has 2 heterocycles. The number of hydrogen-bond acceptors (Lipinski definition) is 4. The van der Waals surface area contributed by atoms with Crippen LogP contribution in [0.15, 0.2) is 29.3 Å². The molecule has 0 aromatic rings. The highest BCUT2D eigenvalue weighted by atomic mass is 35.5. The summed E-state index contributed by atoms with van der Waals surface area (Å²) in [5.74, 6) is 4.38. The van der Waals surface area contributed by atoms with Crippen LogP contribution in [0, 0.1) is 35.0 Å². The fourth-order valence-corrected chi connectivity index (χ4v) is 7.09. The fraction of sp³-hybridized carbons (Fsp3) is 0.839. The zero-order valence-electron chi connectivity index (χ0n) is 23.6. The molecule has 0 saturated carbocycles. The quantitative estimate of drug-likeness (QED) is 0.287. The van der Waals surface area contributed by atoms with Crippen molar-refractivity contribution in [1.29, 1.82) is 0 Å². The highest BCUT2D eigenvalue weighted by Crippen LogP contribution is 2.43. The molecule has 2 aliphatic carbocycles. The molecule has 7 atom stereocenters. The highest BCUT2D eigenvalue weighted by Gasteiger charge is 2.40. The third-order valence-electron chi connectivity index (χ3n) is 9.32. The van der Waals surface area contributed by atoms with Crippen LogP contribution >= 0.6 is 11.6 Å². The van der Waals surface area contributed by atoms with E-state index in [-0.39, 0.29) is 11.5 Å². The normalized spacial score (nSPS) is 36.0. The number of hydrogen-bond donors (Lipinski definition) is 1. The van der Waals surface area contributed by atoms with E-state index < -0.39 is 0 Å². The lowest BCUT2D eigenvalue weighted by Gasteiger charge is -2.48. The first kappa shape index (κ1) is 28.2. The van der Waals surface area contributed by atoms with Gasteiger partial charge in [-0.25, -0.2) is 0 Å². The van der Waals surface area contributed by atoms with Gasteiger partial charge in [0.05, 0.1) is 5.38 Å². The van der Waals surface area contributed by atoms with Gasteiger partial charge in [0, 0.05) is 38.6 Å². The van der Waals surface area contributed by atoms with E-state index >= 15 is 0 Å². The van der Waals surface area contributed by atoms with Gasteiger partial charge in [0.1, 0.15) is 6.10 Å². The predicted molar refractivity (Wildman–Crippen MR) is 154 cm³/mol. The molecule has 5 heteroatoms. The Hall–Kier alpha value is -0.840. The summed E-state index contributed by atoms with van der Waals surface area (Å²) in [6.07, 6.45) is 17.6. The SMILES string of the molecule is CC1C=CC(OC2=NCC(CN[C@@H](CN3CCC(C4C=CC(Cl)CC4)C(C)(C)C3)C(C)C)CC2)CC1. The molecule has 1 N–H and O–H groups in total. The third-order valence-corrected chi connectivity index (χ3v) is 9.68. The molecule has 0 amide bonds. The first-order valence-corrected chi connectivity index (χ1v) is 15.3. The Morgan fingerprint density at radius 2 is 1.92 bits per heavy atom. The number of halogens is 1. The zero-order valence-corrected chi connectivity index (χ0v) is 24.4. The van der Waals surface area contributed by atoms with Crippen molar-refractivity contribution in [3.05, 3.63) is 24.3 Å². The molecule has 1 saturated heterocycles. The molecule has 0 aromatic heterocycles. The second-order valence-corrected chi connectivity index (χ2v) is 13.8. The fourth-order valence-electron chi connectivity index (χ4n) is 6.88. The summed E-state index contributed by atoms with van der Waals surface area (Å²) in [5.41, 5.74) is 0.341. The van der Waals surface area contributed by atoms with Gasteiger partial charge in [-0.05, 0) is 86.2 Å². The van der Waals surface area contributed by atoms with Gasteiger partial charge in [-0.3, -0.25) is 4.99 Å². The molecule has 4 aliphatic rings. The minimum Gasteiger partial charge on any atom is -0.474 e. The smallest absolute Gasteiger partial charge is 0.183 e. The summed E-state index contributed by atoms with van der Waals surface area (Å²) in [6, 6.07) is 0.528. The molecular weight excluding hydrogens is 466 g/mol. The Labute approximate surface area is 226 Å². The van der Waals surface area contributed by atoms with Gasteiger partial charge >= 0.3 is 0 Å². The van der Waals surface area contributed by atoms with Crippen molar-refractivity contribution < 1.29 is 4.74 Å². The molecule has 0 bridgehead atoms. The molecule has 6 unspecified atom stereocenters. The van der Waals surface area contributed by atoms with Gasteiger partial charge in [0.25, 0.3) is 0 Å². The number of nitrogens with one attached hydrogen (secondary N) is 1. The Morgan fingerprint density at radius 1 is 1.08 bits per heavy atom. The van der Waals surface area contributed by atoms with Crippen molar-refractivity contribution in [3.8, 4) is 0 Å². The molecule has 0 spiro atoms. The van der Waals surface area contributed by atoms with E-state index in [4.69, 9.17) is 21.3 Å². The Balaban J connectivity index is 1.22. The van der Waals surface area contributed by atoms with Crippen molar-refractivity contribution in [2.45, 2.75) is 97.1 Å². The monoisotopic (exact) mass is 517 g/mol. The van der Waals surface area contributed by atoms with Crippen LogP contribution in [0.1, 0.15) is 79.6 Å². The van der Waals surface area contributed by atoms with E-state index in [0.717, 1.165) is 50.7 Å². The molecule has 204 valence electrons. The van der Waals surface area contributed by atoms with Crippen LogP contribution in [0.25, 0.3) is 0 Å². The minimum atomic E-state index is 0.236. The van der Waals surface area contributed by atoms with Crippen LogP contribution < -0.4 is 5.32 Å². The lowest BCUT2D eigenvalue weighted by molar-refractivity contribution is 0.0217. The summed E-state index contributed by atoms with van der Waals surface area (Å²) < 4.78 is 6.20. The largest absolute Gasteiger partial charge is 0.474 e. The van der Waals surface area contributed by atoms with Gasteiger partial charge in [-0.2, -0.15) is 0 Å². The van der Waals surface area contributed by atoms with Crippen LogP contribution in [0.5, 0.6) is 0 Å². The molecule has 2 aliphatic heterocycles. The van der Waals surface area contributed by atoms with Crippen LogP contribution in [-0.2, 0) is 4.74 Å². The Kier molecular flexibility index (Phi) is 10.0.